The van der Waals surface area contributed by atoms with Gasteiger partial charge < -0.3 is 25.4 Å². The average Bonchev–Trinajstić information content (AvgIpc) is 3.73. The van der Waals surface area contributed by atoms with E-state index in [2.05, 4.69) is 35.9 Å². The number of fused-ring (bicyclic) bond motifs is 4. The quantitative estimate of drug-likeness (QED) is 0.270. The molecule has 0 unspecified atom stereocenters. The van der Waals surface area contributed by atoms with Crippen molar-refractivity contribution in [3.8, 4) is 0 Å². The lowest BCUT2D eigenvalue weighted by atomic mass is 10.0. The van der Waals surface area contributed by atoms with Crippen LogP contribution in [0, 0.1) is 12.8 Å². The largest absolute Gasteiger partial charge is 0.443 e. The first-order chi connectivity index (χ1) is 20.7. The predicted octanol–water partition coefficient (Wildman–Crippen LogP) is 3.32. The van der Waals surface area contributed by atoms with Crippen LogP contribution in [0.4, 0.5) is 0 Å². The molecule has 1 aromatic carbocycles. The summed E-state index contributed by atoms with van der Waals surface area (Å²) in [6.45, 7) is 8.19. The summed E-state index contributed by atoms with van der Waals surface area (Å²) < 4.78 is 5.92. The molecule has 4 aromatic rings. The zero-order chi connectivity index (χ0) is 30.5. The molecule has 0 spiro atoms. The molecule has 0 fully saturated rings. The van der Waals surface area contributed by atoms with Crippen LogP contribution in [0.15, 0.2) is 52.7 Å². The van der Waals surface area contributed by atoms with Gasteiger partial charge >= 0.3 is 0 Å². The number of carbonyl (C=O) groups is 3. The molecule has 0 saturated carbocycles. The molecule has 3 amide bonds. The molecule has 3 atom stereocenters. The van der Waals surface area contributed by atoms with Gasteiger partial charge in [-0.3, -0.25) is 19.3 Å². The molecule has 4 bridgehead atoms. The summed E-state index contributed by atoms with van der Waals surface area (Å²) in [5, 5.41) is 11.4. The third-order valence-corrected chi connectivity index (χ3v) is 8.23. The van der Waals surface area contributed by atoms with Crippen molar-refractivity contribution >= 4 is 29.1 Å². The van der Waals surface area contributed by atoms with Crippen LogP contribution in [0.3, 0.4) is 0 Å². The Morgan fingerprint density at radius 2 is 1.86 bits per heavy atom. The van der Waals surface area contributed by atoms with E-state index in [0.717, 1.165) is 11.3 Å². The smallest absolute Gasteiger partial charge is 0.274 e. The number of H-pyrrole nitrogens is 1. The number of oxazole rings is 1. The highest BCUT2D eigenvalue weighted by Gasteiger charge is 2.29. The van der Waals surface area contributed by atoms with Gasteiger partial charge in [0.1, 0.15) is 22.5 Å². The first kappa shape index (κ1) is 30.1. The van der Waals surface area contributed by atoms with Crippen molar-refractivity contribution in [3.05, 3.63) is 87.5 Å². The summed E-state index contributed by atoms with van der Waals surface area (Å²) in [7, 11) is 0. The van der Waals surface area contributed by atoms with E-state index < -0.39 is 18.0 Å². The first-order valence-corrected chi connectivity index (χ1v) is 15.1. The summed E-state index contributed by atoms with van der Waals surface area (Å²) in [6, 6.07) is 8.51. The number of aromatic amines is 1. The number of imidazole rings is 1. The van der Waals surface area contributed by atoms with Gasteiger partial charge in [-0.25, -0.2) is 15.0 Å². The molecule has 4 heterocycles. The lowest BCUT2D eigenvalue weighted by Crippen LogP contribution is -2.48. The number of hydrogen-bond acceptors (Lipinski definition) is 9. The second-order valence-corrected chi connectivity index (χ2v) is 12.0. The van der Waals surface area contributed by atoms with Gasteiger partial charge in [0.05, 0.1) is 18.9 Å². The minimum Gasteiger partial charge on any atom is -0.443 e. The number of aryl methyl sites for hydroxylation is 1. The molecule has 1 aliphatic rings. The van der Waals surface area contributed by atoms with E-state index in [1.54, 1.807) is 31.8 Å². The lowest BCUT2D eigenvalue weighted by molar-refractivity contribution is -0.123. The number of hydrogen-bond donors (Lipinski definition) is 4. The van der Waals surface area contributed by atoms with Crippen LogP contribution < -0.4 is 16.0 Å². The molecule has 5 rings (SSSR count). The van der Waals surface area contributed by atoms with E-state index >= 15 is 0 Å². The van der Waals surface area contributed by atoms with Crippen molar-refractivity contribution in [2.75, 3.05) is 13.1 Å². The summed E-state index contributed by atoms with van der Waals surface area (Å²) >= 11 is 1.30. The highest BCUT2D eigenvalue weighted by atomic mass is 32.1. The fourth-order valence-corrected chi connectivity index (χ4v) is 5.85. The van der Waals surface area contributed by atoms with Crippen molar-refractivity contribution < 1.29 is 18.8 Å². The summed E-state index contributed by atoms with van der Waals surface area (Å²) in [5.74, 6) is -0.450. The Hall–Kier alpha value is -4.36. The second kappa shape index (κ2) is 13.3. The number of nitrogens with one attached hydrogen (secondary N) is 4. The number of nitrogens with zero attached hydrogens (tertiary/aromatic N) is 4. The highest BCUT2D eigenvalue weighted by molar-refractivity contribution is 7.09. The topological polar surface area (TPSA) is 158 Å². The summed E-state index contributed by atoms with van der Waals surface area (Å²) in [5.41, 5.74) is 2.28. The highest BCUT2D eigenvalue weighted by Crippen LogP contribution is 2.25. The fourth-order valence-electron chi connectivity index (χ4n) is 5.04. The van der Waals surface area contributed by atoms with E-state index in [4.69, 9.17) is 4.42 Å². The van der Waals surface area contributed by atoms with E-state index in [9.17, 15) is 14.4 Å². The maximum Gasteiger partial charge on any atom is 0.274 e. The monoisotopic (exact) mass is 604 g/mol. The number of thiazole rings is 1. The minimum atomic E-state index is -0.556. The van der Waals surface area contributed by atoms with Gasteiger partial charge in [-0.05, 0) is 31.7 Å². The maximum atomic E-state index is 13.5. The third-order valence-electron chi connectivity index (χ3n) is 7.20. The molecule has 4 N–H and O–H groups in total. The lowest BCUT2D eigenvalue weighted by Gasteiger charge is -2.28. The van der Waals surface area contributed by atoms with E-state index in [-0.39, 0.29) is 47.6 Å². The Kier molecular flexibility index (Phi) is 9.31. The zero-order valence-electron chi connectivity index (χ0n) is 24.6. The van der Waals surface area contributed by atoms with Gasteiger partial charge in [0, 0.05) is 36.4 Å². The molecule has 1 aliphatic heterocycles. The standard InChI is InChI=1S/C30H36N8O4S/c1-17(2)25-29-37-26(19(4)42-29)28(41)33-18(3)30-35-23(15-43-30)27(40)34-21(10-20-8-6-5-7-9-20)12-38(14-24(39)36-25)13-22-11-31-16-32-22/h5-9,11,15-18,21,25H,10,12-14H2,1-4H3,(H,31,32)(H,33,41)(H,34,40)(H,36,39)/t18-,21-,25+/m1/s1. The van der Waals surface area contributed by atoms with Crippen molar-refractivity contribution in [1.29, 1.82) is 0 Å². The zero-order valence-corrected chi connectivity index (χ0v) is 25.4. The Labute approximate surface area is 253 Å². The average molecular weight is 605 g/mol. The predicted molar refractivity (Wildman–Crippen MR) is 160 cm³/mol. The number of aromatic nitrogens is 4. The van der Waals surface area contributed by atoms with Crippen molar-refractivity contribution in [2.24, 2.45) is 5.92 Å². The molecule has 0 aliphatic carbocycles. The van der Waals surface area contributed by atoms with Crippen LogP contribution in [-0.2, 0) is 17.8 Å². The molecule has 0 saturated heterocycles. The van der Waals surface area contributed by atoms with E-state index in [1.165, 1.54) is 11.3 Å². The van der Waals surface area contributed by atoms with Crippen LogP contribution in [0.2, 0.25) is 0 Å². The summed E-state index contributed by atoms with van der Waals surface area (Å²) in [4.78, 5) is 58.4. The SMILES string of the molecule is Cc1oc2nc1C(=O)N[C@H](C)c1nc(cs1)C(=O)N[C@H](Cc1ccccc1)CN(Cc1cnc[nH]1)CC(=O)N[C@H]2C(C)C. The molecule has 12 nitrogen and oxygen atoms in total. The first-order valence-electron chi connectivity index (χ1n) is 14.2. The molecule has 226 valence electrons. The van der Waals surface area contributed by atoms with Gasteiger partial charge in [0.15, 0.2) is 5.69 Å². The Morgan fingerprint density at radius 3 is 2.58 bits per heavy atom. The van der Waals surface area contributed by atoms with Gasteiger partial charge in [-0.1, -0.05) is 44.2 Å². The van der Waals surface area contributed by atoms with Crippen molar-refractivity contribution in [2.45, 2.75) is 58.8 Å². The van der Waals surface area contributed by atoms with Gasteiger partial charge in [0.25, 0.3) is 11.8 Å². The van der Waals surface area contributed by atoms with Crippen LogP contribution in [-0.4, -0.2) is 61.7 Å². The van der Waals surface area contributed by atoms with Gasteiger partial charge in [-0.15, -0.1) is 11.3 Å². The van der Waals surface area contributed by atoms with Gasteiger partial charge in [-0.2, -0.15) is 0 Å². The Balaban J connectivity index is 1.50. The number of amides is 3. The van der Waals surface area contributed by atoms with Crippen LogP contribution in [0.25, 0.3) is 0 Å². The Morgan fingerprint density at radius 1 is 1.07 bits per heavy atom. The van der Waals surface area contributed by atoms with Crippen LogP contribution in [0.5, 0.6) is 0 Å². The van der Waals surface area contributed by atoms with Crippen LogP contribution >= 0.6 is 11.3 Å². The molecular weight excluding hydrogens is 568 g/mol. The van der Waals surface area contributed by atoms with Crippen molar-refractivity contribution in [3.63, 3.8) is 0 Å². The molecular formula is C30H36N8O4S. The summed E-state index contributed by atoms with van der Waals surface area (Å²) in [6.07, 6.45) is 3.85. The number of carbonyl (C=O) groups excluding carboxylic acids is 3. The third kappa shape index (κ3) is 7.54. The Bertz CT molecular complexity index is 1550. The molecule has 3 aromatic heterocycles. The van der Waals surface area contributed by atoms with E-state index in [1.807, 2.05) is 49.1 Å². The maximum absolute atomic E-state index is 13.5. The van der Waals surface area contributed by atoms with E-state index in [0.29, 0.717) is 30.3 Å². The number of rotatable bonds is 5. The normalized spacial score (nSPS) is 20.7. The fraction of sp³-hybridized carbons (Fsp3) is 0.400. The van der Waals surface area contributed by atoms with Crippen LogP contribution in [0.1, 0.15) is 81.7 Å². The minimum absolute atomic E-state index is 0.0365. The second-order valence-electron chi connectivity index (χ2n) is 11.1. The molecule has 0 radical (unpaired) electrons. The molecule has 43 heavy (non-hydrogen) atoms. The van der Waals surface area contributed by atoms with Gasteiger partial charge in [0.2, 0.25) is 11.8 Å². The number of benzene rings is 1. The van der Waals surface area contributed by atoms with Crippen molar-refractivity contribution in [1.82, 2.24) is 40.8 Å². The molecule has 13 heteroatoms.